The van der Waals surface area contributed by atoms with E-state index in [4.69, 9.17) is 4.74 Å². The van der Waals surface area contributed by atoms with Gasteiger partial charge in [0.15, 0.2) is 5.78 Å². The van der Waals surface area contributed by atoms with E-state index in [9.17, 15) is 4.79 Å². The molecule has 0 aliphatic rings. The van der Waals surface area contributed by atoms with Crippen LogP contribution in [-0.2, 0) is 0 Å². The summed E-state index contributed by atoms with van der Waals surface area (Å²) in [5.41, 5.74) is 1.65. The quantitative estimate of drug-likeness (QED) is 0.254. The van der Waals surface area contributed by atoms with E-state index in [2.05, 4.69) is 31.9 Å². The number of hydrogen-bond acceptors (Lipinski definition) is 2. The molecule has 0 aromatic heterocycles. The Hall–Kier alpha value is -1.39. The van der Waals surface area contributed by atoms with Gasteiger partial charge in [-0.05, 0) is 54.5 Å². The first kappa shape index (κ1) is 17.0. The van der Waals surface area contributed by atoms with Crippen LogP contribution in [0.2, 0.25) is 0 Å². The van der Waals surface area contributed by atoms with Gasteiger partial charge in [-0.15, -0.1) is 0 Å². The Bertz CT molecular complexity index is 631. The molecule has 0 radical (unpaired) electrons. The summed E-state index contributed by atoms with van der Waals surface area (Å²) in [5.74, 6) is 0.768. The van der Waals surface area contributed by atoms with E-state index in [0.29, 0.717) is 12.2 Å². The van der Waals surface area contributed by atoms with E-state index in [1.54, 1.807) is 18.2 Å². The van der Waals surface area contributed by atoms with Gasteiger partial charge in [0, 0.05) is 15.4 Å². The highest BCUT2D eigenvalue weighted by molar-refractivity contribution is 9.10. The van der Waals surface area contributed by atoms with Crippen LogP contribution in [0.15, 0.2) is 59.1 Å². The van der Waals surface area contributed by atoms with Crippen molar-refractivity contribution in [2.75, 3.05) is 11.9 Å². The summed E-state index contributed by atoms with van der Waals surface area (Å²) in [6, 6.07) is 15.0. The molecule has 0 bridgehead atoms. The maximum atomic E-state index is 12.1. The van der Waals surface area contributed by atoms with Crippen LogP contribution in [-0.4, -0.2) is 17.7 Å². The van der Waals surface area contributed by atoms with E-state index >= 15 is 0 Å². The molecule has 0 spiro atoms. The van der Waals surface area contributed by atoms with Gasteiger partial charge in [-0.2, -0.15) is 0 Å². The highest BCUT2D eigenvalue weighted by atomic mass is 79.9. The van der Waals surface area contributed by atoms with Crippen LogP contribution in [0.1, 0.15) is 22.3 Å². The van der Waals surface area contributed by atoms with Crippen molar-refractivity contribution in [1.82, 2.24) is 0 Å². The Labute approximate surface area is 147 Å². The Morgan fingerprint density at radius 1 is 1.05 bits per heavy atom. The number of benzene rings is 2. The molecule has 0 amide bonds. The average Bonchev–Trinajstić information content (AvgIpc) is 2.55. The van der Waals surface area contributed by atoms with Crippen molar-refractivity contribution in [3.8, 4) is 5.75 Å². The first-order valence-corrected chi connectivity index (χ1v) is 8.87. The predicted molar refractivity (Wildman–Crippen MR) is 97.9 cm³/mol. The summed E-state index contributed by atoms with van der Waals surface area (Å²) in [4.78, 5) is 12.1. The Morgan fingerprint density at radius 2 is 1.73 bits per heavy atom. The third kappa shape index (κ3) is 5.43. The summed E-state index contributed by atoms with van der Waals surface area (Å²) >= 11 is 6.74. The van der Waals surface area contributed by atoms with Gasteiger partial charge >= 0.3 is 0 Å². The standard InChI is InChI=1S/C18H16Br2O2/c19-12-1-13-22-17-9-5-15(6-10-17)18(21)11-4-14-2-7-16(20)8-3-14/h2-11H,1,12-13H2/b11-4+. The van der Waals surface area contributed by atoms with Crippen molar-refractivity contribution in [2.24, 2.45) is 0 Å². The lowest BCUT2D eigenvalue weighted by molar-refractivity contribution is 0.104. The van der Waals surface area contributed by atoms with E-state index < -0.39 is 0 Å². The van der Waals surface area contributed by atoms with Crippen molar-refractivity contribution in [3.05, 3.63) is 70.2 Å². The summed E-state index contributed by atoms with van der Waals surface area (Å²) in [5, 5.41) is 0.921. The fourth-order valence-electron chi connectivity index (χ4n) is 1.80. The van der Waals surface area contributed by atoms with Crippen LogP contribution in [0, 0.1) is 0 Å². The zero-order valence-corrected chi connectivity index (χ0v) is 15.1. The molecule has 0 aliphatic carbocycles. The number of carbonyl (C=O) groups is 1. The highest BCUT2D eigenvalue weighted by Gasteiger charge is 2.02. The average molecular weight is 424 g/mol. The first-order valence-electron chi connectivity index (χ1n) is 6.96. The maximum Gasteiger partial charge on any atom is 0.185 e. The van der Waals surface area contributed by atoms with Gasteiger partial charge < -0.3 is 4.74 Å². The first-order chi connectivity index (χ1) is 10.7. The van der Waals surface area contributed by atoms with Gasteiger partial charge in [0.2, 0.25) is 0 Å². The van der Waals surface area contributed by atoms with Crippen LogP contribution in [0.4, 0.5) is 0 Å². The number of allylic oxidation sites excluding steroid dienone is 1. The van der Waals surface area contributed by atoms with Crippen molar-refractivity contribution >= 4 is 43.7 Å². The molecule has 0 fully saturated rings. The monoisotopic (exact) mass is 422 g/mol. The topological polar surface area (TPSA) is 26.3 Å². The molecule has 2 aromatic carbocycles. The molecule has 2 nitrogen and oxygen atoms in total. The van der Waals surface area contributed by atoms with Crippen molar-refractivity contribution in [1.29, 1.82) is 0 Å². The maximum absolute atomic E-state index is 12.1. The molecule has 0 N–H and O–H groups in total. The fourth-order valence-corrected chi connectivity index (χ4v) is 2.30. The predicted octanol–water partition coefficient (Wildman–Crippen LogP) is 5.51. The van der Waals surface area contributed by atoms with Crippen LogP contribution in [0.3, 0.4) is 0 Å². The lowest BCUT2D eigenvalue weighted by Gasteiger charge is -2.05. The molecular formula is C18H16Br2O2. The second kappa shape index (κ2) is 8.91. The second-order valence-corrected chi connectivity index (χ2v) is 6.37. The van der Waals surface area contributed by atoms with Crippen molar-refractivity contribution < 1.29 is 9.53 Å². The summed E-state index contributed by atoms with van der Waals surface area (Å²) < 4.78 is 6.58. The Balaban J connectivity index is 1.96. The number of rotatable bonds is 7. The normalized spacial score (nSPS) is 10.8. The summed E-state index contributed by atoms with van der Waals surface area (Å²) in [6.07, 6.45) is 4.36. The number of alkyl halides is 1. The largest absolute Gasteiger partial charge is 0.494 e. The Kier molecular flexibility index (Phi) is 6.87. The number of hydrogen-bond donors (Lipinski definition) is 0. The number of ketones is 1. The van der Waals surface area contributed by atoms with E-state index in [1.165, 1.54) is 0 Å². The van der Waals surface area contributed by atoms with Gasteiger partial charge in [-0.3, -0.25) is 4.79 Å². The molecule has 2 aromatic rings. The minimum absolute atomic E-state index is 0.0186. The molecule has 0 heterocycles. The number of carbonyl (C=O) groups excluding carboxylic acids is 1. The zero-order chi connectivity index (χ0) is 15.8. The molecule has 4 heteroatoms. The molecule has 0 saturated heterocycles. The van der Waals surface area contributed by atoms with Crippen molar-refractivity contribution in [3.63, 3.8) is 0 Å². The van der Waals surface area contributed by atoms with Gasteiger partial charge in [0.05, 0.1) is 6.61 Å². The molecule has 0 aliphatic heterocycles. The molecule has 22 heavy (non-hydrogen) atoms. The number of halogens is 2. The summed E-state index contributed by atoms with van der Waals surface area (Å²) in [7, 11) is 0. The van der Waals surface area contributed by atoms with E-state index in [-0.39, 0.29) is 5.78 Å². The zero-order valence-electron chi connectivity index (χ0n) is 12.0. The second-order valence-electron chi connectivity index (χ2n) is 4.66. The SMILES string of the molecule is O=C(/C=C/c1ccc(Br)cc1)c1ccc(OCCCBr)cc1. The molecule has 0 atom stereocenters. The summed E-state index contributed by atoms with van der Waals surface area (Å²) in [6.45, 7) is 0.669. The van der Waals surface area contributed by atoms with Crippen LogP contribution >= 0.6 is 31.9 Å². The number of ether oxygens (including phenoxy) is 1. The molecule has 2 rings (SSSR count). The van der Waals surface area contributed by atoms with Crippen molar-refractivity contribution in [2.45, 2.75) is 6.42 Å². The molecule has 0 saturated carbocycles. The third-order valence-electron chi connectivity index (χ3n) is 2.98. The molecule has 0 unspecified atom stereocenters. The smallest absolute Gasteiger partial charge is 0.185 e. The fraction of sp³-hybridized carbons (Fsp3) is 0.167. The minimum atomic E-state index is -0.0186. The molecule has 114 valence electrons. The minimum Gasteiger partial charge on any atom is -0.494 e. The van der Waals surface area contributed by atoms with Gasteiger partial charge in [-0.1, -0.05) is 50.1 Å². The van der Waals surface area contributed by atoms with Gasteiger partial charge in [-0.25, -0.2) is 0 Å². The third-order valence-corrected chi connectivity index (χ3v) is 4.07. The van der Waals surface area contributed by atoms with Gasteiger partial charge in [0.25, 0.3) is 0 Å². The van der Waals surface area contributed by atoms with Crippen LogP contribution in [0.5, 0.6) is 5.75 Å². The van der Waals surface area contributed by atoms with E-state index in [1.807, 2.05) is 42.5 Å². The van der Waals surface area contributed by atoms with Gasteiger partial charge in [0.1, 0.15) is 5.75 Å². The van der Waals surface area contributed by atoms with E-state index in [0.717, 1.165) is 27.5 Å². The molecular weight excluding hydrogens is 408 g/mol. The lowest BCUT2D eigenvalue weighted by atomic mass is 10.1. The van der Waals surface area contributed by atoms with Crippen LogP contribution in [0.25, 0.3) is 6.08 Å². The van der Waals surface area contributed by atoms with Crippen LogP contribution < -0.4 is 4.74 Å². The Morgan fingerprint density at radius 3 is 2.36 bits per heavy atom. The lowest BCUT2D eigenvalue weighted by Crippen LogP contribution is -1.99. The highest BCUT2D eigenvalue weighted by Crippen LogP contribution is 2.15.